The van der Waals surface area contributed by atoms with E-state index in [2.05, 4.69) is 62.2 Å². The Bertz CT molecular complexity index is 472. The van der Waals surface area contributed by atoms with Gasteiger partial charge in [0.2, 0.25) is 0 Å². The molecule has 0 amide bonds. The van der Waals surface area contributed by atoms with E-state index in [9.17, 15) is 0 Å². The number of aryl methyl sites for hydroxylation is 2. The molecule has 0 aromatic carbocycles. The van der Waals surface area contributed by atoms with Gasteiger partial charge in [-0.25, -0.2) is 4.99 Å². The van der Waals surface area contributed by atoms with Crippen molar-refractivity contribution in [2.75, 3.05) is 26.2 Å². The standard InChI is InChI=1S/C18H35N5O/c1-7-16-15(17(8-2)24-22-16)13-21-18(19-9-3)20-12-14(6)23(10-4)11-5/h14H,7-13H2,1-6H3,(H2,19,20,21). The highest BCUT2D eigenvalue weighted by Gasteiger charge is 2.14. The Hall–Kier alpha value is -1.56. The van der Waals surface area contributed by atoms with Crippen molar-refractivity contribution in [3.05, 3.63) is 17.0 Å². The molecule has 1 unspecified atom stereocenters. The van der Waals surface area contributed by atoms with Crippen LogP contribution < -0.4 is 10.6 Å². The first kappa shape index (κ1) is 20.5. The fourth-order valence-electron chi connectivity index (χ4n) is 2.84. The number of rotatable bonds is 10. The summed E-state index contributed by atoms with van der Waals surface area (Å²) in [5.41, 5.74) is 2.15. The summed E-state index contributed by atoms with van der Waals surface area (Å²) in [6.07, 6.45) is 1.72. The molecular formula is C18H35N5O. The summed E-state index contributed by atoms with van der Waals surface area (Å²) >= 11 is 0. The Balaban J connectivity index is 2.74. The zero-order chi connectivity index (χ0) is 17.9. The number of guanidine groups is 1. The van der Waals surface area contributed by atoms with E-state index in [0.29, 0.717) is 12.6 Å². The molecule has 6 heteroatoms. The Morgan fingerprint density at radius 1 is 1.12 bits per heavy atom. The molecule has 1 atom stereocenters. The van der Waals surface area contributed by atoms with E-state index in [-0.39, 0.29) is 0 Å². The third-order valence-electron chi connectivity index (χ3n) is 4.35. The van der Waals surface area contributed by atoms with Crippen LogP contribution in [0.3, 0.4) is 0 Å². The Kier molecular flexibility index (Phi) is 9.45. The molecule has 0 fully saturated rings. The molecule has 0 aliphatic carbocycles. The maximum absolute atomic E-state index is 5.42. The second-order valence-electron chi connectivity index (χ2n) is 5.88. The molecule has 1 rings (SSSR count). The lowest BCUT2D eigenvalue weighted by Crippen LogP contribution is -2.46. The van der Waals surface area contributed by atoms with Gasteiger partial charge in [0.1, 0.15) is 5.76 Å². The number of hydrogen-bond acceptors (Lipinski definition) is 4. The molecule has 2 N–H and O–H groups in total. The van der Waals surface area contributed by atoms with Gasteiger partial charge in [0.05, 0.1) is 12.2 Å². The van der Waals surface area contributed by atoms with Gasteiger partial charge in [-0.1, -0.05) is 32.9 Å². The maximum Gasteiger partial charge on any atom is 0.191 e. The molecule has 1 aromatic heterocycles. The van der Waals surface area contributed by atoms with Gasteiger partial charge in [-0.2, -0.15) is 0 Å². The van der Waals surface area contributed by atoms with Gasteiger partial charge in [-0.3, -0.25) is 4.90 Å². The number of aromatic nitrogens is 1. The van der Waals surface area contributed by atoms with Gasteiger partial charge < -0.3 is 15.2 Å². The Morgan fingerprint density at radius 2 is 1.83 bits per heavy atom. The number of nitrogens with one attached hydrogen (secondary N) is 2. The molecule has 6 nitrogen and oxygen atoms in total. The maximum atomic E-state index is 5.42. The zero-order valence-corrected chi connectivity index (χ0v) is 16.3. The lowest BCUT2D eigenvalue weighted by molar-refractivity contribution is 0.231. The molecule has 1 heterocycles. The molecule has 0 saturated heterocycles. The predicted octanol–water partition coefficient (Wildman–Crippen LogP) is 2.58. The van der Waals surface area contributed by atoms with E-state index in [1.54, 1.807) is 0 Å². The van der Waals surface area contributed by atoms with Crippen molar-refractivity contribution in [2.45, 2.75) is 67.0 Å². The molecule has 1 aromatic rings. The van der Waals surface area contributed by atoms with Crippen molar-refractivity contribution in [3.63, 3.8) is 0 Å². The van der Waals surface area contributed by atoms with Crippen LogP contribution >= 0.6 is 0 Å². The Labute approximate surface area is 147 Å². The van der Waals surface area contributed by atoms with Crippen LogP contribution in [0.2, 0.25) is 0 Å². The summed E-state index contributed by atoms with van der Waals surface area (Å²) in [5, 5.41) is 10.9. The highest BCUT2D eigenvalue weighted by atomic mass is 16.5. The average molecular weight is 338 g/mol. The molecule has 0 aliphatic heterocycles. The minimum Gasteiger partial charge on any atom is -0.361 e. The number of aliphatic imine (C=N–C) groups is 1. The van der Waals surface area contributed by atoms with Gasteiger partial charge in [0.25, 0.3) is 0 Å². The van der Waals surface area contributed by atoms with Crippen LogP contribution in [0.4, 0.5) is 0 Å². The summed E-state index contributed by atoms with van der Waals surface area (Å²) in [4.78, 5) is 7.16. The normalized spacial score (nSPS) is 13.4. The number of likely N-dealkylation sites (N-methyl/N-ethyl adjacent to an activating group) is 1. The molecular weight excluding hydrogens is 302 g/mol. The van der Waals surface area contributed by atoms with Crippen LogP contribution in [0.5, 0.6) is 0 Å². The lowest BCUT2D eigenvalue weighted by Gasteiger charge is -2.27. The molecule has 138 valence electrons. The molecule has 0 spiro atoms. The largest absolute Gasteiger partial charge is 0.361 e. The van der Waals surface area contributed by atoms with E-state index < -0.39 is 0 Å². The topological polar surface area (TPSA) is 65.7 Å². The number of hydrogen-bond donors (Lipinski definition) is 2. The van der Waals surface area contributed by atoms with Gasteiger partial charge in [0.15, 0.2) is 5.96 Å². The summed E-state index contributed by atoms with van der Waals surface area (Å²) in [6, 6.07) is 0.469. The van der Waals surface area contributed by atoms with Gasteiger partial charge in [-0.05, 0) is 33.4 Å². The third-order valence-corrected chi connectivity index (χ3v) is 4.35. The Morgan fingerprint density at radius 3 is 2.38 bits per heavy atom. The minimum atomic E-state index is 0.469. The predicted molar refractivity (Wildman–Crippen MR) is 100 cm³/mol. The quantitative estimate of drug-likeness (QED) is 0.507. The van der Waals surface area contributed by atoms with Crippen LogP contribution in [0.1, 0.15) is 58.6 Å². The van der Waals surface area contributed by atoms with E-state index in [1.165, 1.54) is 0 Å². The first-order valence-electron chi connectivity index (χ1n) is 9.33. The fraction of sp³-hybridized carbons (Fsp3) is 0.778. The second kappa shape index (κ2) is 11.1. The van der Waals surface area contributed by atoms with Crippen molar-refractivity contribution in [3.8, 4) is 0 Å². The summed E-state index contributed by atoms with van der Waals surface area (Å²) in [6.45, 7) is 17.4. The van der Waals surface area contributed by atoms with Crippen LogP contribution in [0.15, 0.2) is 9.52 Å². The molecule has 0 aliphatic rings. The van der Waals surface area contributed by atoms with E-state index in [1.807, 2.05) is 0 Å². The smallest absolute Gasteiger partial charge is 0.191 e. The summed E-state index contributed by atoms with van der Waals surface area (Å²) in [5.74, 6) is 1.80. The lowest BCUT2D eigenvalue weighted by atomic mass is 10.1. The van der Waals surface area contributed by atoms with Gasteiger partial charge in [-0.15, -0.1) is 0 Å². The zero-order valence-electron chi connectivity index (χ0n) is 16.3. The van der Waals surface area contributed by atoms with Gasteiger partial charge in [0, 0.05) is 31.1 Å². The van der Waals surface area contributed by atoms with Crippen molar-refractivity contribution in [1.82, 2.24) is 20.7 Å². The third kappa shape index (κ3) is 5.82. The highest BCUT2D eigenvalue weighted by molar-refractivity contribution is 5.79. The van der Waals surface area contributed by atoms with Crippen LogP contribution in [-0.4, -0.2) is 48.2 Å². The summed E-state index contributed by atoms with van der Waals surface area (Å²) in [7, 11) is 0. The molecule has 0 bridgehead atoms. The molecule has 24 heavy (non-hydrogen) atoms. The second-order valence-corrected chi connectivity index (χ2v) is 5.88. The minimum absolute atomic E-state index is 0.469. The van der Waals surface area contributed by atoms with Crippen LogP contribution in [0.25, 0.3) is 0 Å². The van der Waals surface area contributed by atoms with E-state index in [0.717, 1.165) is 62.0 Å². The van der Waals surface area contributed by atoms with Crippen LogP contribution in [-0.2, 0) is 19.4 Å². The van der Waals surface area contributed by atoms with E-state index >= 15 is 0 Å². The average Bonchev–Trinajstić information content (AvgIpc) is 3.00. The fourth-order valence-corrected chi connectivity index (χ4v) is 2.84. The highest BCUT2D eigenvalue weighted by Crippen LogP contribution is 2.16. The SMILES string of the molecule is CCNC(=NCc1c(CC)noc1CC)NCC(C)N(CC)CC. The van der Waals surface area contributed by atoms with Crippen LogP contribution in [0, 0.1) is 0 Å². The van der Waals surface area contributed by atoms with Gasteiger partial charge >= 0.3 is 0 Å². The molecule has 0 saturated carbocycles. The summed E-state index contributed by atoms with van der Waals surface area (Å²) < 4.78 is 5.42. The van der Waals surface area contributed by atoms with E-state index in [4.69, 9.17) is 9.52 Å². The van der Waals surface area contributed by atoms with Crippen molar-refractivity contribution < 1.29 is 4.52 Å². The first-order valence-corrected chi connectivity index (χ1v) is 9.33. The first-order chi connectivity index (χ1) is 11.6. The van der Waals surface area contributed by atoms with Crippen molar-refractivity contribution in [1.29, 1.82) is 0 Å². The number of nitrogens with zero attached hydrogens (tertiary/aromatic N) is 3. The van der Waals surface area contributed by atoms with Crippen molar-refractivity contribution >= 4 is 5.96 Å². The van der Waals surface area contributed by atoms with Crippen molar-refractivity contribution in [2.24, 2.45) is 4.99 Å². The monoisotopic (exact) mass is 337 g/mol. The molecule has 0 radical (unpaired) electrons.